The van der Waals surface area contributed by atoms with E-state index in [1.807, 2.05) is 17.7 Å². The number of halogens is 1. The zero-order valence-electron chi connectivity index (χ0n) is 8.79. The van der Waals surface area contributed by atoms with Crippen LogP contribution in [0.5, 0.6) is 0 Å². The second-order valence-corrected chi connectivity index (χ2v) is 4.12. The lowest BCUT2D eigenvalue weighted by molar-refractivity contribution is 0.0585. The SMILES string of the molecule is COC(=O)c1c(Cl)cc2n1CCN(C)C2. The maximum Gasteiger partial charge on any atom is 0.356 e. The van der Waals surface area contributed by atoms with Gasteiger partial charge >= 0.3 is 5.97 Å². The number of rotatable bonds is 1. The number of nitrogens with zero attached hydrogens (tertiary/aromatic N) is 2. The molecule has 0 radical (unpaired) electrons. The first-order valence-corrected chi connectivity index (χ1v) is 5.16. The Labute approximate surface area is 93.4 Å². The summed E-state index contributed by atoms with van der Waals surface area (Å²) in [6.07, 6.45) is 0. The molecule has 15 heavy (non-hydrogen) atoms. The van der Waals surface area contributed by atoms with Crippen LogP contribution in [0.3, 0.4) is 0 Å². The Hall–Kier alpha value is -1.00. The molecule has 2 rings (SSSR count). The van der Waals surface area contributed by atoms with E-state index in [0.29, 0.717) is 10.7 Å². The molecule has 1 aromatic heterocycles. The van der Waals surface area contributed by atoms with Crippen molar-refractivity contribution in [1.29, 1.82) is 0 Å². The van der Waals surface area contributed by atoms with Gasteiger partial charge in [0.15, 0.2) is 0 Å². The van der Waals surface area contributed by atoms with E-state index in [2.05, 4.69) is 4.90 Å². The van der Waals surface area contributed by atoms with Gasteiger partial charge in [0.05, 0.1) is 12.1 Å². The molecule has 1 aliphatic heterocycles. The van der Waals surface area contributed by atoms with Gasteiger partial charge in [0.1, 0.15) is 5.69 Å². The minimum atomic E-state index is -0.365. The summed E-state index contributed by atoms with van der Waals surface area (Å²) in [5, 5.41) is 0.479. The zero-order valence-corrected chi connectivity index (χ0v) is 9.54. The smallest absolute Gasteiger partial charge is 0.356 e. The lowest BCUT2D eigenvalue weighted by atomic mass is 10.3. The number of esters is 1. The van der Waals surface area contributed by atoms with Crippen molar-refractivity contribution in [3.05, 3.63) is 22.5 Å². The molecule has 0 aliphatic carbocycles. The van der Waals surface area contributed by atoms with Gasteiger partial charge in [-0.05, 0) is 13.1 Å². The highest BCUT2D eigenvalue weighted by molar-refractivity contribution is 6.33. The summed E-state index contributed by atoms with van der Waals surface area (Å²) in [7, 11) is 3.41. The number of hydrogen-bond donors (Lipinski definition) is 0. The highest BCUT2D eigenvalue weighted by atomic mass is 35.5. The van der Waals surface area contributed by atoms with Crippen molar-refractivity contribution < 1.29 is 9.53 Å². The lowest BCUT2D eigenvalue weighted by Crippen LogP contribution is -2.31. The molecule has 4 nitrogen and oxygen atoms in total. The predicted octanol–water partition coefficient (Wildman–Crippen LogP) is 1.37. The fourth-order valence-corrected chi connectivity index (χ4v) is 2.19. The number of ether oxygens (including phenoxy) is 1. The van der Waals surface area contributed by atoms with Crippen LogP contribution in [0.4, 0.5) is 0 Å². The Bertz CT molecular complexity index is 400. The highest BCUT2D eigenvalue weighted by Gasteiger charge is 2.23. The van der Waals surface area contributed by atoms with Crippen LogP contribution in [0.1, 0.15) is 16.2 Å². The summed E-state index contributed by atoms with van der Waals surface area (Å²) >= 11 is 6.02. The summed E-state index contributed by atoms with van der Waals surface area (Å²) in [5.74, 6) is -0.365. The molecule has 1 aromatic rings. The van der Waals surface area contributed by atoms with Gasteiger partial charge in [-0.2, -0.15) is 0 Å². The van der Waals surface area contributed by atoms with Crippen LogP contribution in [0.25, 0.3) is 0 Å². The predicted molar refractivity (Wildman–Crippen MR) is 57.1 cm³/mol. The van der Waals surface area contributed by atoms with Gasteiger partial charge in [-0.1, -0.05) is 11.6 Å². The molecule has 0 fully saturated rings. The van der Waals surface area contributed by atoms with Gasteiger partial charge < -0.3 is 9.30 Å². The van der Waals surface area contributed by atoms with Crippen LogP contribution >= 0.6 is 11.6 Å². The quantitative estimate of drug-likeness (QED) is 0.681. The number of carbonyl (C=O) groups is 1. The summed E-state index contributed by atoms with van der Waals surface area (Å²) < 4.78 is 6.65. The summed E-state index contributed by atoms with van der Waals surface area (Å²) in [6.45, 7) is 2.52. The third-order valence-electron chi connectivity index (χ3n) is 2.65. The van der Waals surface area contributed by atoms with Gasteiger partial charge in [0.25, 0.3) is 0 Å². The average molecular weight is 229 g/mol. The molecule has 0 atom stereocenters. The molecule has 0 unspecified atom stereocenters. The van der Waals surface area contributed by atoms with Crippen LogP contribution in [0.15, 0.2) is 6.07 Å². The Morgan fingerprint density at radius 3 is 2.93 bits per heavy atom. The third kappa shape index (κ3) is 1.75. The molecule has 0 spiro atoms. The molecule has 0 aromatic carbocycles. The summed E-state index contributed by atoms with van der Waals surface area (Å²) in [4.78, 5) is 13.7. The topological polar surface area (TPSA) is 34.5 Å². The van der Waals surface area contributed by atoms with E-state index in [1.54, 1.807) is 0 Å². The number of carbonyl (C=O) groups excluding carboxylic acids is 1. The minimum absolute atomic E-state index is 0.365. The second kappa shape index (κ2) is 3.87. The van der Waals surface area contributed by atoms with Gasteiger partial charge in [-0.25, -0.2) is 4.79 Å². The zero-order chi connectivity index (χ0) is 11.0. The monoisotopic (exact) mass is 228 g/mol. The molecule has 2 heterocycles. The van der Waals surface area contributed by atoms with Crippen LogP contribution in [-0.4, -0.2) is 36.1 Å². The van der Waals surface area contributed by atoms with Crippen molar-refractivity contribution >= 4 is 17.6 Å². The largest absolute Gasteiger partial charge is 0.464 e. The Balaban J connectivity index is 2.44. The van der Waals surface area contributed by atoms with Crippen molar-refractivity contribution in [2.75, 3.05) is 20.7 Å². The molecule has 1 aliphatic rings. The third-order valence-corrected chi connectivity index (χ3v) is 2.94. The highest BCUT2D eigenvalue weighted by Crippen LogP contribution is 2.25. The Kier molecular flexibility index (Phi) is 2.71. The lowest BCUT2D eigenvalue weighted by Gasteiger charge is -2.25. The minimum Gasteiger partial charge on any atom is -0.464 e. The standard InChI is InChI=1S/C10H13ClN2O2/c1-12-3-4-13-7(6-12)5-8(11)9(13)10(14)15-2/h5H,3-4,6H2,1-2H3. The summed E-state index contributed by atoms with van der Waals surface area (Å²) in [5.41, 5.74) is 1.54. The fraction of sp³-hybridized carbons (Fsp3) is 0.500. The van der Waals surface area contributed by atoms with Gasteiger partial charge in [-0.15, -0.1) is 0 Å². The van der Waals surface area contributed by atoms with E-state index in [1.165, 1.54) is 7.11 Å². The number of aromatic nitrogens is 1. The molecule has 82 valence electrons. The molecule has 0 amide bonds. The molecule has 0 saturated heterocycles. The van der Waals surface area contributed by atoms with Crippen LogP contribution in [-0.2, 0) is 17.8 Å². The second-order valence-electron chi connectivity index (χ2n) is 3.71. The number of fused-ring (bicyclic) bond motifs is 1. The van der Waals surface area contributed by atoms with Crippen molar-refractivity contribution in [2.24, 2.45) is 0 Å². The van der Waals surface area contributed by atoms with Crippen molar-refractivity contribution in [1.82, 2.24) is 9.47 Å². The van der Waals surface area contributed by atoms with E-state index in [9.17, 15) is 4.79 Å². The number of methoxy groups -OCH3 is 1. The van der Waals surface area contributed by atoms with Crippen molar-refractivity contribution in [3.8, 4) is 0 Å². The Morgan fingerprint density at radius 2 is 2.27 bits per heavy atom. The van der Waals surface area contributed by atoms with E-state index in [4.69, 9.17) is 16.3 Å². The Morgan fingerprint density at radius 1 is 1.53 bits per heavy atom. The summed E-state index contributed by atoms with van der Waals surface area (Å²) in [6, 6.07) is 1.84. The first-order valence-electron chi connectivity index (χ1n) is 4.78. The maximum absolute atomic E-state index is 11.5. The molecular weight excluding hydrogens is 216 g/mol. The normalized spacial score (nSPS) is 16.2. The molecule has 5 heteroatoms. The van der Waals surface area contributed by atoms with E-state index in [0.717, 1.165) is 25.3 Å². The van der Waals surface area contributed by atoms with Crippen molar-refractivity contribution in [2.45, 2.75) is 13.1 Å². The molecule has 0 N–H and O–H groups in total. The number of hydrogen-bond acceptors (Lipinski definition) is 3. The molecule has 0 bridgehead atoms. The van der Waals surface area contributed by atoms with Crippen LogP contribution < -0.4 is 0 Å². The van der Waals surface area contributed by atoms with Gasteiger partial charge in [0, 0.05) is 25.3 Å². The first kappa shape index (κ1) is 10.5. The van der Waals surface area contributed by atoms with Gasteiger partial charge in [0.2, 0.25) is 0 Å². The fourth-order valence-electron chi connectivity index (χ4n) is 1.88. The van der Waals surface area contributed by atoms with E-state index >= 15 is 0 Å². The maximum atomic E-state index is 11.5. The van der Waals surface area contributed by atoms with E-state index in [-0.39, 0.29) is 5.97 Å². The molecule has 0 saturated carbocycles. The van der Waals surface area contributed by atoms with Gasteiger partial charge in [-0.3, -0.25) is 4.90 Å². The number of likely N-dealkylation sites (N-methyl/N-ethyl adjacent to an activating group) is 1. The van der Waals surface area contributed by atoms with Crippen LogP contribution in [0, 0.1) is 0 Å². The van der Waals surface area contributed by atoms with Crippen molar-refractivity contribution in [3.63, 3.8) is 0 Å². The molecular formula is C10H13ClN2O2. The van der Waals surface area contributed by atoms with E-state index < -0.39 is 0 Å². The first-order chi connectivity index (χ1) is 7.13. The average Bonchev–Trinajstić information content (AvgIpc) is 2.52. The van der Waals surface area contributed by atoms with Crippen LogP contribution in [0.2, 0.25) is 5.02 Å².